The van der Waals surface area contributed by atoms with Gasteiger partial charge in [-0.05, 0) is 52.5 Å². The Bertz CT molecular complexity index is 235. The van der Waals surface area contributed by atoms with Crippen molar-refractivity contribution in [3.8, 4) is 0 Å². The van der Waals surface area contributed by atoms with Gasteiger partial charge in [0.05, 0.1) is 0 Å². The second-order valence-electron chi connectivity index (χ2n) is 8.16. The minimum atomic E-state index is 0.156. The highest BCUT2D eigenvalue weighted by Gasteiger charge is 2.49. The molecule has 0 radical (unpaired) electrons. The van der Waals surface area contributed by atoms with Gasteiger partial charge in [0, 0.05) is 11.1 Å². The molecular weight excluding hydrogens is 194 g/mol. The highest BCUT2D eigenvalue weighted by Crippen LogP contribution is 2.49. The van der Waals surface area contributed by atoms with Crippen LogP contribution < -0.4 is 0 Å². The second-order valence-corrected chi connectivity index (χ2v) is 8.16. The molecule has 0 heterocycles. The highest BCUT2D eigenvalue weighted by molar-refractivity contribution is 5.02. The molecule has 0 N–H and O–H groups in total. The molecule has 0 fully saturated rings. The zero-order valence-electron chi connectivity index (χ0n) is 13.4. The molecule has 0 spiro atoms. The van der Waals surface area contributed by atoms with Gasteiger partial charge >= 0.3 is 0 Å². The van der Waals surface area contributed by atoms with Crippen molar-refractivity contribution < 1.29 is 0 Å². The molecule has 98 valence electrons. The quantitative estimate of drug-likeness (QED) is 0.668. The zero-order valence-corrected chi connectivity index (χ0v) is 13.4. The molecule has 0 aliphatic carbocycles. The molecule has 0 aliphatic heterocycles. The van der Waals surface area contributed by atoms with Crippen molar-refractivity contribution in [1.82, 2.24) is 4.90 Å². The van der Waals surface area contributed by atoms with E-state index >= 15 is 0 Å². The van der Waals surface area contributed by atoms with Gasteiger partial charge in [-0.3, -0.25) is 4.90 Å². The third-order valence-corrected chi connectivity index (χ3v) is 5.25. The topological polar surface area (TPSA) is 3.24 Å². The molecule has 0 aromatic heterocycles. The molecule has 0 bridgehead atoms. The van der Waals surface area contributed by atoms with E-state index in [0.717, 1.165) is 0 Å². The molecule has 0 saturated carbocycles. The highest BCUT2D eigenvalue weighted by atomic mass is 15.2. The van der Waals surface area contributed by atoms with Gasteiger partial charge in [-0.25, -0.2) is 0 Å². The maximum Gasteiger partial charge on any atom is 0.0211 e. The zero-order chi connectivity index (χ0) is 13.6. The Balaban J connectivity index is 5.37. The largest absolute Gasteiger partial charge is 0.296 e. The summed E-state index contributed by atoms with van der Waals surface area (Å²) in [4.78, 5) is 2.51. The smallest absolute Gasteiger partial charge is 0.0211 e. The number of hydrogen-bond acceptors (Lipinski definition) is 1. The lowest BCUT2D eigenvalue weighted by atomic mass is 9.58. The fourth-order valence-electron chi connectivity index (χ4n) is 2.18. The van der Waals surface area contributed by atoms with E-state index in [1.165, 1.54) is 0 Å². The van der Waals surface area contributed by atoms with Crippen molar-refractivity contribution in [2.75, 3.05) is 7.05 Å². The predicted octanol–water partition coefficient (Wildman–Crippen LogP) is 4.57. The van der Waals surface area contributed by atoms with Crippen LogP contribution in [0.4, 0.5) is 0 Å². The van der Waals surface area contributed by atoms with Crippen LogP contribution >= 0.6 is 0 Å². The minimum Gasteiger partial charge on any atom is -0.296 e. The van der Waals surface area contributed by atoms with Gasteiger partial charge in [0.15, 0.2) is 0 Å². The summed E-state index contributed by atoms with van der Waals surface area (Å²) in [6.07, 6.45) is 0. The first-order chi connectivity index (χ1) is 6.65. The standard InChI is InChI=1S/C15H33N/c1-12(2,3)14(7,8)15(9,10)16(11)13(4,5)6/h1-11H3. The van der Waals surface area contributed by atoms with Crippen LogP contribution in [0.5, 0.6) is 0 Å². The van der Waals surface area contributed by atoms with E-state index in [1.807, 2.05) is 0 Å². The lowest BCUT2D eigenvalue weighted by molar-refractivity contribution is -0.0796. The Kier molecular flexibility index (Phi) is 4.00. The van der Waals surface area contributed by atoms with E-state index < -0.39 is 0 Å². The fraction of sp³-hybridized carbons (Fsp3) is 1.00. The van der Waals surface area contributed by atoms with Crippen LogP contribution in [0.25, 0.3) is 0 Å². The summed E-state index contributed by atoms with van der Waals surface area (Å²) in [7, 11) is 2.24. The molecular formula is C15H33N. The summed E-state index contributed by atoms with van der Waals surface area (Å²) < 4.78 is 0. The van der Waals surface area contributed by atoms with Gasteiger partial charge in [-0.2, -0.15) is 0 Å². The maximum absolute atomic E-state index is 2.51. The predicted molar refractivity (Wildman–Crippen MR) is 74.8 cm³/mol. The van der Waals surface area contributed by atoms with Crippen LogP contribution in [0.3, 0.4) is 0 Å². The van der Waals surface area contributed by atoms with Gasteiger partial charge in [-0.15, -0.1) is 0 Å². The molecule has 0 amide bonds. The van der Waals surface area contributed by atoms with Crippen molar-refractivity contribution in [3.63, 3.8) is 0 Å². The Morgan fingerprint density at radius 2 is 0.938 bits per heavy atom. The number of hydrogen-bond donors (Lipinski definition) is 0. The van der Waals surface area contributed by atoms with Crippen LogP contribution in [-0.2, 0) is 0 Å². The van der Waals surface area contributed by atoms with E-state index in [4.69, 9.17) is 0 Å². The molecule has 0 aliphatic rings. The Morgan fingerprint density at radius 3 is 1.12 bits per heavy atom. The third kappa shape index (κ3) is 2.61. The van der Waals surface area contributed by atoms with E-state index in [2.05, 4.69) is 81.2 Å². The van der Waals surface area contributed by atoms with Gasteiger partial charge in [0.25, 0.3) is 0 Å². The average molecular weight is 227 g/mol. The summed E-state index contributed by atoms with van der Waals surface area (Å²) in [5, 5.41) is 0. The monoisotopic (exact) mass is 227 g/mol. The van der Waals surface area contributed by atoms with Crippen molar-refractivity contribution in [1.29, 1.82) is 0 Å². The third-order valence-electron chi connectivity index (χ3n) is 5.25. The maximum atomic E-state index is 2.51. The fourth-order valence-corrected chi connectivity index (χ4v) is 2.18. The van der Waals surface area contributed by atoms with Crippen molar-refractivity contribution in [3.05, 3.63) is 0 Å². The molecule has 0 rings (SSSR count). The first-order valence-electron chi connectivity index (χ1n) is 6.39. The van der Waals surface area contributed by atoms with Crippen LogP contribution in [0.1, 0.15) is 69.2 Å². The molecule has 1 heteroatoms. The minimum absolute atomic E-state index is 0.156. The van der Waals surface area contributed by atoms with Crippen LogP contribution in [0, 0.1) is 10.8 Å². The Hall–Kier alpha value is -0.0400. The SMILES string of the molecule is CN(C(C)(C)C)C(C)(C)C(C)(C)C(C)(C)C. The number of rotatable bonds is 2. The second kappa shape index (κ2) is 4.01. The lowest BCUT2D eigenvalue weighted by Gasteiger charge is -2.58. The van der Waals surface area contributed by atoms with Gasteiger partial charge < -0.3 is 0 Å². The molecule has 0 atom stereocenters. The van der Waals surface area contributed by atoms with Crippen molar-refractivity contribution in [2.24, 2.45) is 10.8 Å². The van der Waals surface area contributed by atoms with E-state index in [1.54, 1.807) is 0 Å². The van der Waals surface area contributed by atoms with E-state index in [0.29, 0.717) is 0 Å². The van der Waals surface area contributed by atoms with Gasteiger partial charge in [-0.1, -0.05) is 34.6 Å². The molecule has 0 saturated heterocycles. The van der Waals surface area contributed by atoms with Crippen LogP contribution in [0.2, 0.25) is 0 Å². The van der Waals surface area contributed by atoms with Crippen LogP contribution in [-0.4, -0.2) is 23.0 Å². The van der Waals surface area contributed by atoms with Crippen molar-refractivity contribution >= 4 is 0 Å². The summed E-state index contributed by atoms with van der Waals surface area (Å²) >= 11 is 0. The van der Waals surface area contributed by atoms with E-state index in [-0.39, 0.29) is 21.9 Å². The van der Waals surface area contributed by atoms with Crippen LogP contribution in [0.15, 0.2) is 0 Å². The summed E-state index contributed by atoms with van der Waals surface area (Å²) in [5.74, 6) is 0. The molecule has 16 heavy (non-hydrogen) atoms. The van der Waals surface area contributed by atoms with Gasteiger partial charge in [0.2, 0.25) is 0 Å². The van der Waals surface area contributed by atoms with Crippen molar-refractivity contribution in [2.45, 2.75) is 80.3 Å². The van der Waals surface area contributed by atoms with E-state index in [9.17, 15) is 0 Å². The molecule has 0 unspecified atom stereocenters. The molecule has 0 aromatic rings. The first kappa shape index (κ1) is 16.0. The number of nitrogens with zero attached hydrogens (tertiary/aromatic N) is 1. The average Bonchev–Trinajstić information content (AvgIpc) is 1.98. The Labute approximate surface area is 104 Å². The molecule has 1 nitrogen and oxygen atoms in total. The molecule has 0 aromatic carbocycles. The summed E-state index contributed by atoms with van der Waals surface area (Å²) in [5.41, 5.74) is 0.883. The Morgan fingerprint density at radius 1 is 0.625 bits per heavy atom. The lowest BCUT2D eigenvalue weighted by Crippen LogP contribution is -2.62. The normalized spacial score (nSPS) is 15.8. The summed E-state index contributed by atoms with van der Waals surface area (Å²) in [6, 6.07) is 0. The summed E-state index contributed by atoms with van der Waals surface area (Å²) in [6.45, 7) is 23.4. The first-order valence-corrected chi connectivity index (χ1v) is 6.39. The van der Waals surface area contributed by atoms with Gasteiger partial charge in [0.1, 0.15) is 0 Å².